The highest BCUT2D eigenvalue weighted by atomic mass is 35.5. The molecule has 1 aliphatic carbocycles. The fourth-order valence-electron chi connectivity index (χ4n) is 4.49. The predicted octanol–water partition coefficient (Wildman–Crippen LogP) is 2.83. The van der Waals surface area contributed by atoms with Gasteiger partial charge in [-0.2, -0.15) is 0 Å². The van der Waals surface area contributed by atoms with Crippen molar-refractivity contribution in [2.75, 3.05) is 18.0 Å². The number of aromatic carboxylic acids is 1. The van der Waals surface area contributed by atoms with Gasteiger partial charge in [0.1, 0.15) is 11.4 Å². The molecular formula is C19H21ClFN3O3. The largest absolute Gasteiger partial charge is 0.477 e. The minimum atomic E-state index is -1.35. The molecule has 8 heteroatoms. The van der Waals surface area contributed by atoms with Crippen LogP contribution in [0.3, 0.4) is 0 Å². The average molecular weight is 394 g/mol. The Morgan fingerprint density at radius 1 is 1.48 bits per heavy atom. The van der Waals surface area contributed by atoms with Gasteiger partial charge in [-0.1, -0.05) is 18.0 Å². The lowest BCUT2D eigenvalue weighted by molar-refractivity contribution is 0.0695. The molecule has 1 spiro atoms. The molecule has 2 aromatic rings. The van der Waals surface area contributed by atoms with Crippen LogP contribution in [0.1, 0.15) is 36.5 Å². The van der Waals surface area contributed by atoms with Crippen molar-refractivity contribution in [1.29, 1.82) is 0 Å². The van der Waals surface area contributed by atoms with Gasteiger partial charge in [0.15, 0.2) is 0 Å². The molecule has 1 aromatic carbocycles. The first-order valence-electron chi connectivity index (χ1n) is 9.08. The zero-order valence-corrected chi connectivity index (χ0v) is 15.7. The molecule has 27 heavy (non-hydrogen) atoms. The molecule has 2 fully saturated rings. The summed E-state index contributed by atoms with van der Waals surface area (Å²) in [5.41, 5.74) is 5.80. The summed E-state index contributed by atoms with van der Waals surface area (Å²) in [4.78, 5) is 25.8. The average Bonchev–Trinajstić information content (AvgIpc) is 2.92. The van der Waals surface area contributed by atoms with Crippen molar-refractivity contribution in [3.8, 4) is 0 Å². The number of benzene rings is 1. The van der Waals surface area contributed by atoms with Crippen molar-refractivity contribution in [3.63, 3.8) is 0 Å². The van der Waals surface area contributed by atoms with Gasteiger partial charge in [0.2, 0.25) is 5.43 Å². The van der Waals surface area contributed by atoms with Crippen molar-refractivity contribution < 1.29 is 14.3 Å². The number of pyridine rings is 1. The number of fused-ring (bicyclic) bond motifs is 1. The number of halogens is 2. The second-order valence-electron chi connectivity index (χ2n) is 7.58. The molecule has 2 aliphatic rings. The number of hydrogen-bond donors (Lipinski definition) is 2. The molecule has 1 saturated heterocycles. The van der Waals surface area contributed by atoms with Crippen LogP contribution in [0.4, 0.5) is 10.1 Å². The van der Waals surface area contributed by atoms with Crippen LogP contribution in [0, 0.1) is 11.2 Å². The summed E-state index contributed by atoms with van der Waals surface area (Å²) in [7, 11) is 0. The Morgan fingerprint density at radius 2 is 2.19 bits per heavy atom. The maximum Gasteiger partial charge on any atom is 0.341 e. The van der Waals surface area contributed by atoms with E-state index < -0.39 is 22.8 Å². The lowest BCUT2D eigenvalue weighted by atomic mass is 9.66. The van der Waals surface area contributed by atoms with E-state index >= 15 is 4.39 Å². The molecule has 4 rings (SSSR count). The SMILES string of the molecule is CCn1cc(C(=O)O)c(=O)c2cc(F)c(N3CC(N)C4(CCC4)C3)c(Cl)c21. The third kappa shape index (κ3) is 2.56. The third-order valence-electron chi connectivity index (χ3n) is 6.18. The predicted molar refractivity (Wildman–Crippen MR) is 102 cm³/mol. The first kappa shape index (κ1) is 18.3. The molecule has 1 atom stereocenters. The lowest BCUT2D eigenvalue weighted by Crippen LogP contribution is -2.45. The van der Waals surface area contributed by atoms with Gasteiger partial charge < -0.3 is 20.3 Å². The van der Waals surface area contributed by atoms with Gasteiger partial charge in [0.05, 0.1) is 21.6 Å². The van der Waals surface area contributed by atoms with Gasteiger partial charge in [-0.3, -0.25) is 4.79 Å². The number of carbonyl (C=O) groups is 1. The van der Waals surface area contributed by atoms with Crippen LogP contribution in [0.2, 0.25) is 5.02 Å². The van der Waals surface area contributed by atoms with Crippen LogP contribution in [0.15, 0.2) is 17.1 Å². The normalized spacial score (nSPS) is 21.0. The number of aryl methyl sites for hydroxylation is 1. The summed E-state index contributed by atoms with van der Waals surface area (Å²) in [6.07, 6.45) is 4.45. The number of carboxylic acid groups (broad SMARTS) is 1. The van der Waals surface area contributed by atoms with Gasteiger partial charge in [0.25, 0.3) is 0 Å². The fourth-order valence-corrected chi connectivity index (χ4v) is 4.91. The highest BCUT2D eigenvalue weighted by Gasteiger charge is 2.49. The van der Waals surface area contributed by atoms with Crippen LogP contribution in [-0.4, -0.2) is 34.8 Å². The van der Waals surface area contributed by atoms with Crippen LogP contribution < -0.4 is 16.1 Å². The van der Waals surface area contributed by atoms with Crippen LogP contribution in [0.5, 0.6) is 0 Å². The van der Waals surface area contributed by atoms with Crippen LogP contribution in [0.25, 0.3) is 10.9 Å². The van der Waals surface area contributed by atoms with E-state index in [1.165, 1.54) is 6.20 Å². The van der Waals surface area contributed by atoms with Crippen molar-refractivity contribution >= 4 is 34.2 Å². The van der Waals surface area contributed by atoms with Crippen molar-refractivity contribution in [2.24, 2.45) is 11.1 Å². The van der Waals surface area contributed by atoms with Crippen molar-refractivity contribution in [3.05, 3.63) is 38.9 Å². The van der Waals surface area contributed by atoms with Gasteiger partial charge in [-0.15, -0.1) is 0 Å². The molecule has 0 amide bonds. The lowest BCUT2D eigenvalue weighted by Gasteiger charge is -2.41. The minimum absolute atomic E-state index is 0.0162. The smallest absolute Gasteiger partial charge is 0.341 e. The number of nitrogens with two attached hydrogens (primary N) is 1. The Labute approximate surface area is 160 Å². The highest BCUT2D eigenvalue weighted by Crippen LogP contribution is 2.50. The maximum absolute atomic E-state index is 15.0. The Hall–Kier alpha value is -2.12. The number of rotatable bonds is 3. The molecule has 1 aliphatic heterocycles. The summed E-state index contributed by atoms with van der Waals surface area (Å²) in [5.74, 6) is -1.97. The molecule has 2 heterocycles. The third-order valence-corrected chi connectivity index (χ3v) is 6.53. The second-order valence-corrected chi connectivity index (χ2v) is 7.96. The summed E-state index contributed by atoms with van der Waals surface area (Å²) in [6, 6.07) is 1.06. The second kappa shape index (κ2) is 6.21. The Bertz CT molecular complexity index is 1020. The monoisotopic (exact) mass is 393 g/mol. The number of carboxylic acids is 1. The fraction of sp³-hybridized carbons (Fsp3) is 0.474. The van der Waals surface area contributed by atoms with Gasteiger partial charge in [-0.05, 0) is 25.8 Å². The number of anilines is 1. The first-order valence-corrected chi connectivity index (χ1v) is 9.46. The van der Waals surface area contributed by atoms with Gasteiger partial charge in [-0.25, -0.2) is 9.18 Å². The minimum Gasteiger partial charge on any atom is -0.477 e. The molecule has 6 nitrogen and oxygen atoms in total. The summed E-state index contributed by atoms with van der Waals surface area (Å²) in [5, 5.41) is 9.37. The zero-order valence-electron chi connectivity index (χ0n) is 15.0. The van der Waals surface area contributed by atoms with Gasteiger partial charge >= 0.3 is 5.97 Å². The van der Waals surface area contributed by atoms with E-state index in [2.05, 4.69) is 0 Å². The molecule has 3 N–H and O–H groups in total. The Morgan fingerprint density at radius 3 is 2.70 bits per heavy atom. The Balaban J connectivity index is 1.93. The quantitative estimate of drug-likeness (QED) is 0.837. The summed E-state index contributed by atoms with van der Waals surface area (Å²) >= 11 is 6.59. The zero-order chi connectivity index (χ0) is 19.5. The first-order chi connectivity index (χ1) is 12.8. The molecule has 0 bridgehead atoms. The molecule has 1 saturated carbocycles. The van der Waals surface area contributed by atoms with E-state index in [1.54, 1.807) is 4.57 Å². The van der Waals surface area contributed by atoms with Crippen LogP contribution >= 0.6 is 11.6 Å². The van der Waals surface area contributed by atoms with Gasteiger partial charge in [0, 0.05) is 37.3 Å². The van der Waals surface area contributed by atoms with E-state index in [0.717, 1.165) is 25.3 Å². The molecule has 1 unspecified atom stereocenters. The van der Waals surface area contributed by atoms with E-state index in [0.29, 0.717) is 25.2 Å². The summed E-state index contributed by atoms with van der Waals surface area (Å²) < 4.78 is 16.6. The van der Waals surface area contributed by atoms with E-state index in [-0.39, 0.29) is 27.6 Å². The molecule has 1 aromatic heterocycles. The maximum atomic E-state index is 15.0. The molecular weight excluding hydrogens is 373 g/mol. The highest BCUT2D eigenvalue weighted by molar-refractivity contribution is 6.38. The molecule has 144 valence electrons. The van der Waals surface area contributed by atoms with Crippen LogP contribution in [-0.2, 0) is 6.54 Å². The van der Waals surface area contributed by atoms with Crippen molar-refractivity contribution in [2.45, 2.75) is 38.8 Å². The summed E-state index contributed by atoms with van der Waals surface area (Å²) in [6.45, 7) is 3.35. The number of aromatic nitrogens is 1. The van der Waals surface area contributed by atoms with E-state index in [9.17, 15) is 14.7 Å². The topological polar surface area (TPSA) is 88.6 Å². The number of nitrogens with zero attached hydrogens (tertiary/aromatic N) is 2. The van der Waals surface area contributed by atoms with E-state index in [4.69, 9.17) is 17.3 Å². The standard InChI is InChI=1S/C19H21ClFN3O3/c1-2-23-7-11(18(26)27)17(25)10-6-12(21)16(14(20)15(10)23)24-8-13(22)19(9-24)4-3-5-19/h6-7,13H,2-5,8-9,22H2,1H3,(H,26,27). The van der Waals surface area contributed by atoms with E-state index in [1.807, 2.05) is 11.8 Å². The molecule has 0 radical (unpaired) electrons. The number of hydrogen-bond acceptors (Lipinski definition) is 4. The van der Waals surface area contributed by atoms with Crippen molar-refractivity contribution in [1.82, 2.24) is 4.57 Å². The Kier molecular flexibility index (Phi) is 4.20.